The van der Waals surface area contributed by atoms with Gasteiger partial charge in [-0.05, 0) is 47.1 Å². The maximum atomic E-state index is 12.2. The van der Waals surface area contributed by atoms with Crippen LogP contribution in [-0.4, -0.2) is 36.1 Å². The van der Waals surface area contributed by atoms with Crippen LogP contribution in [0.5, 0.6) is 0 Å². The predicted octanol–water partition coefficient (Wildman–Crippen LogP) is 1.66. The molecule has 1 atom stereocenters. The molecule has 1 unspecified atom stereocenters. The van der Waals surface area contributed by atoms with E-state index in [0.29, 0.717) is 0 Å². The van der Waals surface area contributed by atoms with Gasteiger partial charge in [0.15, 0.2) is 0 Å². The van der Waals surface area contributed by atoms with Crippen LogP contribution in [0.15, 0.2) is 0 Å². The topological polar surface area (TPSA) is 53.2 Å². The SMILES string of the molecule is CCNCC(C)C(=O)NC1CC(C)(C)NC(C)(C)C1. The summed E-state index contributed by atoms with van der Waals surface area (Å²) in [6, 6.07) is 0.267. The lowest BCUT2D eigenvalue weighted by Gasteiger charge is -2.46. The second kappa shape index (κ2) is 6.23. The van der Waals surface area contributed by atoms with Gasteiger partial charge in [-0.1, -0.05) is 13.8 Å². The van der Waals surface area contributed by atoms with Crippen molar-refractivity contribution in [1.82, 2.24) is 16.0 Å². The van der Waals surface area contributed by atoms with E-state index >= 15 is 0 Å². The zero-order valence-corrected chi connectivity index (χ0v) is 13.4. The molecule has 4 nitrogen and oxygen atoms in total. The van der Waals surface area contributed by atoms with Crippen LogP contribution in [0.1, 0.15) is 54.4 Å². The van der Waals surface area contributed by atoms with Gasteiger partial charge in [-0.3, -0.25) is 4.79 Å². The fraction of sp³-hybridized carbons (Fsp3) is 0.933. The smallest absolute Gasteiger partial charge is 0.224 e. The molecule has 112 valence electrons. The lowest BCUT2D eigenvalue weighted by atomic mass is 9.79. The van der Waals surface area contributed by atoms with Crippen molar-refractivity contribution in [1.29, 1.82) is 0 Å². The predicted molar refractivity (Wildman–Crippen MR) is 80.2 cm³/mol. The Morgan fingerprint density at radius 3 is 2.26 bits per heavy atom. The molecular formula is C15H31N3O. The normalized spacial score (nSPS) is 23.9. The third kappa shape index (κ3) is 5.49. The molecule has 0 aromatic rings. The van der Waals surface area contributed by atoms with Crippen molar-refractivity contribution in [3.63, 3.8) is 0 Å². The maximum absolute atomic E-state index is 12.2. The molecule has 1 fully saturated rings. The molecule has 19 heavy (non-hydrogen) atoms. The molecule has 4 heteroatoms. The maximum Gasteiger partial charge on any atom is 0.224 e. The molecule has 0 aromatic heterocycles. The summed E-state index contributed by atoms with van der Waals surface area (Å²) in [6.45, 7) is 14.5. The van der Waals surface area contributed by atoms with Crippen LogP contribution in [0, 0.1) is 5.92 Å². The first-order valence-corrected chi connectivity index (χ1v) is 7.45. The van der Waals surface area contributed by atoms with Gasteiger partial charge < -0.3 is 16.0 Å². The first-order valence-electron chi connectivity index (χ1n) is 7.45. The van der Waals surface area contributed by atoms with Gasteiger partial charge in [-0.2, -0.15) is 0 Å². The van der Waals surface area contributed by atoms with Crippen LogP contribution in [0.2, 0.25) is 0 Å². The third-order valence-corrected chi connectivity index (χ3v) is 3.68. The summed E-state index contributed by atoms with van der Waals surface area (Å²) < 4.78 is 0. The molecule has 3 N–H and O–H groups in total. The van der Waals surface area contributed by atoms with E-state index in [2.05, 4.69) is 50.6 Å². The van der Waals surface area contributed by atoms with E-state index < -0.39 is 0 Å². The van der Waals surface area contributed by atoms with Gasteiger partial charge in [0.05, 0.1) is 0 Å². The van der Waals surface area contributed by atoms with E-state index in [4.69, 9.17) is 0 Å². The number of amides is 1. The summed E-state index contributed by atoms with van der Waals surface area (Å²) in [7, 11) is 0. The highest BCUT2D eigenvalue weighted by Gasteiger charge is 2.38. The van der Waals surface area contributed by atoms with Crippen molar-refractivity contribution in [2.24, 2.45) is 5.92 Å². The van der Waals surface area contributed by atoms with Gasteiger partial charge in [0.25, 0.3) is 0 Å². The summed E-state index contributed by atoms with van der Waals surface area (Å²) in [5.41, 5.74) is 0.148. The summed E-state index contributed by atoms with van der Waals surface area (Å²) in [5.74, 6) is 0.195. The summed E-state index contributed by atoms with van der Waals surface area (Å²) >= 11 is 0. The zero-order chi connectivity index (χ0) is 14.7. The number of hydrogen-bond acceptors (Lipinski definition) is 3. The molecule has 0 saturated carbocycles. The first kappa shape index (κ1) is 16.4. The van der Waals surface area contributed by atoms with E-state index in [1.807, 2.05) is 6.92 Å². The molecule has 1 heterocycles. The number of rotatable bonds is 5. The molecule has 1 saturated heterocycles. The molecule has 0 aliphatic carbocycles. The summed E-state index contributed by atoms with van der Waals surface area (Å²) in [5, 5.41) is 10.1. The zero-order valence-electron chi connectivity index (χ0n) is 13.4. The molecule has 0 aromatic carbocycles. The van der Waals surface area contributed by atoms with E-state index in [0.717, 1.165) is 25.9 Å². The number of piperidine rings is 1. The van der Waals surface area contributed by atoms with Crippen LogP contribution in [0.25, 0.3) is 0 Å². The van der Waals surface area contributed by atoms with Gasteiger partial charge in [0.1, 0.15) is 0 Å². The number of carbonyl (C=O) groups excluding carboxylic acids is 1. The second-order valence-corrected chi connectivity index (χ2v) is 7.22. The molecular weight excluding hydrogens is 238 g/mol. The molecule has 1 amide bonds. The quantitative estimate of drug-likeness (QED) is 0.711. The lowest BCUT2D eigenvalue weighted by molar-refractivity contribution is -0.125. The molecule has 1 aliphatic rings. The van der Waals surface area contributed by atoms with Crippen LogP contribution < -0.4 is 16.0 Å². The molecule has 1 aliphatic heterocycles. The Bertz CT molecular complexity index is 297. The first-order chi connectivity index (χ1) is 8.65. The van der Waals surface area contributed by atoms with Crippen LogP contribution in [-0.2, 0) is 4.79 Å². The molecule has 1 rings (SSSR count). The number of carbonyl (C=O) groups is 1. The van der Waals surface area contributed by atoms with E-state index in [1.165, 1.54) is 0 Å². The highest BCUT2D eigenvalue weighted by Crippen LogP contribution is 2.28. The second-order valence-electron chi connectivity index (χ2n) is 7.22. The minimum absolute atomic E-state index is 0.0288. The standard InChI is InChI=1S/C15H31N3O/c1-7-16-10-11(2)13(19)17-12-8-14(3,4)18-15(5,6)9-12/h11-12,16,18H,7-10H2,1-6H3,(H,17,19). The van der Waals surface area contributed by atoms with E-state index in [-0.39, 0.29) is 28.9 Å². The monoisotopic (exact) mass is 269 g/mol. The van der Waals surface area contributed by atoms with Crippen LogP contribution >= 0.6 is 0 Å². The van der Waals surface area contributed by atoms with Crippen molar-refractivity contribution in [2.75, 3.05) is 13.1 Å². The minimum Gasteiger partial charge on any atom is -0.353 e. The Balaban J connectivity index is 2.54. The molecule has 0 bridgehead atoms. The minimum atomic E-state index is 0.0288. The lowest BCUT2D eigenvalue weighted by Crippen LogP contribution is -2.62. The van der Waals surface area contributed by atoms with Gasteiger partial charge in [0.2, 0.25) is 5.91 Å². The Hall–Kier alpha value is -0.610. The average Bonchev–Trinajstić information content (AvgIpc) is 2.20. The van der Waals surface area contributed by atoms with Crippen molar-refractivity contribution in [3.8, 4) is 0 Å². The Morgan fingerprint density at radius 1 is 1.26 bits per heavy atom. The number of hydrogen-bond donors (Lipinski definition) is 3. The Morgan fingerprint density at radius 2 is 1.79 bits per heavy atom. The van der Waals surface area contributed by atoms with Gasteiger partial charge in [0, 0.05) is 29.6 Å². The Kier molecular flexibility index (Phi) is 5.39. The van der Waals surface area contributed by atoms with Gasteiger partial charge in [-0.25, -0.2) is 0 Å². The largest absolute Gasteiger partial charge is 0.353 e. The fourth-order valence-electron chi connectivity index (χ4n) is 3.22. The Labute approximate surface area is 118 Å². The van der Waals surface area contributed by atoms with Gasteiger partial charge in [-0.15, -0.1) is 0 Å². The van der Waals surface area contributed by atoms with Gasteiger partial charge >= 0.3 is 0 Å². The number of nitrogens with one attached hydrogen (secondary N) is 3. The van der Waals surface area contributed by atoms with E-state index in [1.54, 1.807) is 0 Å². The summed E-state index contributed by atoms with van der Waals surface area (Å²) in [6.07, 6.45) is 1.96. The van der Waals surface area contributed by atoms with E-state index in [9.17, 15) is 4.79 Å². The summed E-state index contributed by atoms with van der Waals surface area (Å²) in [4.78, 5) is 12.2. The molecule has 0 radical (unpaired) electrons. The third-order valence-electron chi connectivity index (χ3n) is 3.68. The average molecular weight is 269 g/mol. The van der Waals surface area contributed by atoms with Crippen LogP contribution in [0.4, 0.5) is 0 Å². The molecule has 0 spiro atoms. The fourth-order valence-corrected chi connectivity index (χ4v) is 3.22. The highest BCUT2D eigenvalue weighted by atomic mass is 16.1. The van der Waals surface area contributed by atoms with Crippen molar-refractivity contribution >= 4 is 5.91 Å². The van der Waals surface area contributed by atoms with Crippen molar-refractivity contribution in [3.05, 3.63) is 0 Å². The van der Waals surface area contributed by atoms with Crippen molar-refractivity contribution in [2.45, 2.75) is 71.5 Å². The van der Waals surface area contributed by atoms with Crippen LogP contribution in [0.3, 0.4) is 0 Å². The highest BCUT2D eigenvalue weighted by molar-refractivity contribution is 5.78. The van der Waals surface area contributed by atoms with Crippen molar-refractivity contribution < 1.29 is 4.79 Å².